The van der Waals surface area contributed by atoms with Crippen LogP contribution in [0, 0.1) is 11.2 Å². The van der Waals surface area contributed by atoms with E-state index in [9.17, 15) is 0 Å². The van der Waals surface area contributed by atoms with E-state index in [2.05, 4.69) is 77.5 Å². The van der Waals surface area contributed by atoms with Crippen LogP contribution in [0.1, 0.15) is 0 Å². The number of benzene rings is 3. The van der Waals surface area contributed by atoms with Gasteiger partial charge in [-0.05, 0) is 0 Å². The van der Waals surface area contributed by atoms with E-state index in [0.717, 1.165) is 0 Å². The monoisotopic (exact) mass is 330 g/mol. The summed E-state index contributed by atoms with van der Waals surface area (Å²) in [5, 5.41) is 0. The van der Waals surface area contributed by atoms with Gasteiger partial charge in [-0.1, -0.05) is 0 Å². The predicted molar refractivity (Wildman–Crippen MR) is 92.8 cm³/mol. The Kier molecular flexibility index (Phi) is 3.95. The Labute approximate surface area is 128 Å². The van der Waals surface area contributed by atoms with E-state index < -0.39 is 13.3 Å². The van der Waals surface area contributed by atoms with Gasteiger partial charge in [0.15, 0.2) is 0 Å². The van der Waals surface area contributed by atoms with Gasteiger partial charge >= 0.3 is 129 Å². The van der Waals surface area contributed by atoms with Crippen LogP contribution in [0.15, 0.2) is 91.0 Å². The molecular weight excluding hydrogens is 313 g/mol. The van der Waals surface area contributed by atoms with E-state index in [-0.39, 0.29) is 0 Å². The third-order valence-corrected chi connectivity index (χ3v) is 12.3. The zero-order valence-electron chi connectivity index (χ0n) is 11.7. The van der Waals surface area contributed by atoms with E-state index in [1.165, 1.54) is 13.2 Å². The molecule has 100 valence electrons. The van der Waals surface area contributed by atoms with E-state index in [4.69, 9.17) is 6.42 Å². The molecule has 0 aliphatic heterocycles. The van der Waals surface area contributed by atoms with Crippen molar-refractivity contribution in [2.45, 2.75) is 0 Å². The molecule has 0 fully saturated rings. The Morgan fingerprint density at radius 3 is 1.05 bits per heavy atom. The first-order valence-electron chi connectivity index (χ1n) is 7.02. The molecule has 0 bridgehead atoms. The summed E-state index contributed by atoms with van der Waals surface area (Å²) < 4.78 is 7.16. The molecule has 0 nitrogen and oxygen atoms in total. The molecule has 0 N–H and O–H groups in total. The molecule has 0 saturated carbocycles. The minimum absolute atomic E-state index is 1.30. The summed E-state index contributed by atoms with van der Waals surface area (Å²) in [7, 11) is 0. The van der Waals surface area contributed by atoms with Crippen molar-refractivity contribution in [3.63, 3.8) is 0 Å². The van der Waals surface area contributed by atoms with Crippen molar-refractivity contribution in [2.75, 3.05) is 0 Å². The van der Waals surface area contributed by atoms with Crippen LogP contribution in [0.4, 0.5) is 0 Å². The second-order valence-corrected chi connectivity index (χ2v) is 12.4. The van der Waals surface area contributed by atoms with Crippen LogP contribution in [-0.2, 0) is 0 Å². The third kappa shape index (κ3) is 2.41. The molecule has 0 radical (unpaired) electrons. The molecule has 0 aliphatic rings. The minimum atomic E-state index is -3.01. The van der Waals surface area contributed by atoms with Crippen LogP contribution < -0.4 is 13.2 Å². The molecule has 0 amide bonds. The fraction of sp³-hybridized carbons (Fsp3) is 0. The van der Waals surface area contributed by atoms with Gasteiger partial charge in [-0.25, -0.2) is 0 Å². The van der Waals surface area contributed by atoms with Crippen molar-refractivity contribution in [1.29, 1.82) is 0 Å². The van der Waals surface area contributed by atoms with Gasteiger partial charge in [0.25, 0.3) is 0 Å². The average molecular weight is 329 g/mol. The summed E-state index contributed by atoms with van der Waals surface area (Å²) in [6.45, 7) is 0. The molecule has 0 atom stereocenters. The first kappa shape index (κ1) is 13.7. The Balaban J connectivity index is 2.32. The quantitative estimate of drug-likeness (QED) is 0.511. The summed E-state index contributed by atoms with van der Waals surface area (Å²) in [5.74, 6) is 0. The Morgan fingerprint density at radius 1 is 0.524 bits per heavy atom. The summed E-state index contributed by atoms with van der Waals surface area (Å²) in [5.41, 5.74) is 0. The first-order valence-corrected chi connectivity index (χ1v) is 11.2. The maximum atomic E-state index is 6.14. The molecule has 0 spiro atoms. The number of hydrogen-bond acceptors (Lipinski definition) is 0. The summed E-state index contributed by atoms with van der Waals surface area (Å²) in [6.07, 6.45) is 6.14. The van der Waals surface area contributed by atoms with Gasteiger partial charge in [-0.3, -0.25) is 0 Å². The van der Waals surface area contributed by atoms with Crippen LogP contribution in [0.5, 0.6) is 0 Å². The fourth-order valence-corrected chi connectivity index (χ4v) is 10.3. The van der Waals surface area contributed by atoms with Crippen molar-refractivity contribution >= 4 is 26.5 Å². The van der Waals surface area contributed by atoms with Crippen molar-refractivity contribution in [3.8, 4) is 11.2 Å². The number of rotatable bonds is 3. The predicted octanol–water partition coefficient (Wildman–Crippen LogP) is 2.33. The van der Waals surface area contributed by atoms with Gasteiger partial charge < -0.3 is 0 Å². The standard InChI is InChI=1S/C20H16Ge/c1-2-21(18-12-6-3-7-13-18,19-14-8-4-9-15-19)20-16-10-5-11-17-20/h1,3-17H. The molecular formula is C20H16Ge. The van der Waals surface area contributed by atoms with Gasteiger partial charge in [-0.15, -0.1) is 0 Å². The van der Waals surface area contributed by atoms with E-state index in [0.29, 0.717) is 0 Å². The van der Waals surface area contributed by atoms with Gasteiger partial charge in [0.2, 0.25) is 0 Å². The van der Waals surface area contributed by atoms with Crippen molar-refractivity contribution in [1.82, 2.24) is 0 Å². The van der Waals surface area contributed by atoms with Gasteiger partial charge in [0, 0.05) is 0 Å². The zero-order valence-corrected chi connectivity index (χ0v) is 13.8. The van der Waals surface area contributed by atoms with Crippen LogP contribution >= 0.6 is 0 Å². The van der Waals surface area contributed by atoms with E-state index in [1.54, 1.807) is 0 Å². The van der Waals surface area contributed by atoms with Crippen LogP contribution in [-0.4, -0.2) is 13.3 Å². The van der Waals surface area contributed by atoms with Gasteiger partial charge in [0.05, 0.1) is 0 Å². The zero-order chi connectivity index (χ0) is 14.5. The average Bonchev–Trinajstić information content (AvgIpc) is 2.59. The molecule has 3 aromatic rings. The van der Waals surface area contributed by atoms with E-state index in [1.807, 2.05) is 18.2 Å². The molecule has 21 heavy (non-hydrogen) atoms. The molecule has 3 aromatic carbocycles. The molecule has 0 unspecified atom stereocenters. The van der Waals surface area contributed by atoms with Crippen LogP contribution in [0.2, 0.25) is 0 Å². The van der Waals surface area contributed by atoms with Crippen LogP contribution in [0.25, 0.3) is 0 Å². The summed E-state index contributed by atoms with van der Waals surface area (Å²) in [6, 6.07) is 31.7. The fourth-order valence-electron chi connectivity index (χ4n) is 2.81. The second-order valence-electron chi connectivity index (χ2n) is 4.99. The Bertz CT molecular complexity index is 643. The normalized spacial score (nSPS) is 10.8. The molecule has 3 rings (SSSR count). The summed E-state index contributed by atoms with van der Waals surface area (Å²) >= 11 is -3.01. The second kappa shape index (κ2) is 6.03. The van der Waals surface area contributed by atoms with Crippen molar-refractivity contribution < 1.29 is 0 Å². The van der Waals surface area contributed by atoms with E-state index >= 15 is 0 Å². The third-order valence-electron chi connectivity index (χ3n) is 3.84. The van der Waals surface area contributed by atoms with Gasteiger partial charge in [0.1, 0.15) is 0 Å². The number of terminal acetylenes is 1. The molecule has 0 heterocycles. The molecule has 0 saturated heterocycles. The molecule has 0 aliphatic carbocycles. The molecule has 0 aromatic heterocycles. The summed E-state index contributed by atoms with van der Waals surface area (Å²) in [4.78, 5) is 0. The van der Waals surface area contributed by atoms with Crippen LogP contribution in [0.3, 0.4) is 0 Å². The van der Waals surface area contributed by atoms with Crippen molar-refractivity contribution in [3.05, 3.63) is 91.0 Å². The topological polar surface area (TPSA) is 0 Å². The van der Waals surface area contributed by atoms with Crippen molar-refractivity contribution in [2.24, 2.45) is 0 Å². The first-order chi connectivity index (χ1) is 10.4. The number of hydrogen-bond donors (Lipinski definition) is 0. The Hall–Kier alpha value is -2.24. The Morgan fingerprint density at radius 2 is 0.810 bits per heavy atom. The SMILES string of the molecule is C#[C][Ge]([c]1ccccc1)([c]1ccccc1)[c]1ccccc1. The molecule has 1 heteroatoms. The van der Waals surface area contributed by atoms with Gasteiger partial charge in [-0.2, -0.15) is 0 Å². The maximum absolute atomic E-state index is 6.14.